The predicted molar refractivity (Wildman–Crippen MR) is 82.4 cm³/mol. The van der Waals surface area contributed by atoms with Crippen molar-refractivity contribution in [2.24, 2.45) is 0 Å². The zero-order chi connectivity index (χ0) is 14.2. The number of hydrogen-bond acceptors (Lipinski definition) is 3. The minimum absolute atomic E-state index is 0.118. The van der Waals surface area contributed by atoms with Crippen LogP contribution in [-0.2, 0) is 0 Å². The smallest absolute Gasteiger partial charge is 0.169 e. The lowest BCUT2D eigenvalue weighted by Crippen LogP contribution is -2.02. The van der Waals surface area contributed by atoms with Crippen molar-refractivity contribution >= 4 is 50.3 Å². The molecule has 0 bridgehead atoms. The zero-order valence-electron chi connectivity index (χ0n) is 10.1. The third-order valence-electron chi connectivity index (χ3n) is 2.71. The molecule has 0 amide bonds. The van der Waals surface area contributed by atoms with E-state index in [2.05, 4.69) is 21.2 Å². The third kappa shape index (κ3) is 2.77. The third-order valence-corrected chi connectivity index (χ3v) is 3.94. The number of nitrogens with two attached hydrogens (primary N) is 2. The molecule has 6 heteroatoms. The maximum absolute atomic E-state index is 14.0. The molecule has 0 saturated heterocycles. The summed E-state index contributed by atoms with van der Waals surface area (Å²) in [6, 6.07) is 6.98. The number of anilines is 4. The van der Waals surface area contributed by atoms with Gasteiger partial charge < -0.3 is 16.8 Å². The van der Waals surface area contributed by atoms with E-state index >= 15 is 0 Å². The molecular weight excluding hydrogens is 333 g/mol. The monoisotopic (exact) mass is 343 g/mol. The van der Waals surface area contributed by atoms with Crippen molar-refractivity contribution < 1.29 is 4.39 Å². The second-order valence-electron chi connectivity index (χ2n) is 4.15. The van der Waals surface area contributed by atoms with Crippen LogP contribution in [0.4, 0.5) is 27.1 Å². The maximum Gasteiger partial charge on any atom is 0.169 e. The van der Waals surface area contributed by atoms with Crippen LogP contribution in [0.15, 0.2) is 28.7 Å². The normalized spacial score (nSPS) is 10.5. The van der Waals surface area contributed by atoms with Gasteiger partial charge >= 0.3 is 0 Å². The van der Waals surface area contributed by atoms with Crippen molar-refractivity contribution in [2.45, 2.75) is 6.92 Å². The Hall–Kier alpha value is -1.46. The Labute approximate surface area is 123 Å². The molecule has 100 valence electrons. The molecule has 0 atom stereocenters. The summed E-state index contributed by atoms with van der Waals surface area (Å²) < 4.78 is 14.9. The average Bonchev–Trinajstić information content (AvgIpc) is 2.36. The molecule has 19 heavy (non-hydrogen) atoms. The molecule has 0 aromatic heterocycles. The molecular formula is C13H12BrClFN3. The quantitative estimate of drug-likeness (QED) is 0.705. The van der Waals surface area contributed by atoms with E-state index < -0.39 is 5.82 Å². The molecule has 0 aliphatic heterocycles. The fraction of sp³-hybridized carbons (Fsp3) is 0.0769. The minimum Gasteiger partial charge on any atom is -0.397 e. The predicted octanol–water partition coefficient (Wildman–Crippen LogP) is 4.46. The summed E-state index contributed by atoms with van der Waals surface area (Å²) in [7, 11) is 0. The van der Waals surface area contributed by atoms with E-state index in [-0.39, 0.29) is 22.1 Å². The highest BCUT2D eigenvalue weighted by molar-refractivity contribution is 9.10. The van der Waals surface area contributed by atoms with Crippen LogP contribution in [-0.4, -0.2) is 0 Å². The molecule has 0 aliphatic rings. The highest BCUT2D eigenvalue weighted by atomic mass is 79.9. The topological polar surface area (TPSA) is 64.1 Å². The Morgan fingerprint density at radius 3 is 2.53 bits per heavy atom. The second-order valence-corrected chi connectivity index (χ2v) is 5.38. The van der Waals surface area contributed by atoms with Gasteiger partial charge in [0.05, 0.1) is 17.1 Å². The van der Waals surface area contributed by atoms with Crippen molar-refractivity contribution in [3.05, 3.63) is 45.1 Å². The number of hydrogen-bond donors (Lipinski definition) is 3. The van der Waals surface area contributed by atoms with Crippen molar-refractivity contribution in [3.8, 4) is 0 Å². The Balaban J connectivity index is 2.43. The van der Waals surface area contributed by atoms with Gasteiger partial charge in [0.25, 0.3) is 0 Å². The van der Waals surface area contributed by atoms with E-state index in [9.17, 15) is 4.39 Å². The molecule has 3 nitrogen and oxygen atoms in total. The van der Waals surface area contributed by atoms with Crippen LogP contribution >= 0.6 is 27.5 Å². The number of halogens is 3. The lowest BCUT2D eigenvalue weighted by molar-refractivity contribution is 0.633. The van der Waals surface area contributed by atoms with Crippen LogP contribution in [0.25, 0.3) is 0 Å². The molecule has 0 heterocycles. The molecule has 0 saturated carbocycles. The van der Waals surface area contributed by atoms with Gasteiger partial charge in [-0.2, -0.15) is 0 Å². The summed E-state index contributed by atoms with van der Waals surface area (Å²) >= 11 is 9.18. The number of rotatable bonds is 2. The Bertz CT molecular complexity index is 646. The van der Waals surface area contributed by atoms with Gasteiger partial charge in [-0.15, -0.1) is 0 Å². The number of aryl methyl sites for hydroxylation is 1. The van der Waals surface area contributed by atoms with Crippen LogP contribution in [0.1, 0.15) is 5.56 Å². The van der Waals surface area contributed by atoms with Crippen LogP contribution in [0.5, 0.6) is 0 Å². The largest absolute Gasteiger partial charge is 0.397 e. The summed E-state index contributed by atoms with van der Waals surface area (Å²) in [6.45, 7) is 1.96. The van der Waals surface area contributed by atoms with Gasteiger partial charge in [0.1, 0.15) is 5.02 Å². The van der Waals surface area contributed by atoms with E-state index in [0.29, 0.717) is 5.69 Å². The molecule has 0 spiro atoms. The molecule has 0 aliphatic carbocycles. The number of nitrogens with one attached hydrogen (secondary N) is 1. The zero-order valence-corrected chi connectivity index (χ0v) is 12.4. The summed E-state index contributed by atoms with van der Waals surface area (Å²) in [5.41, 5.74) is 13.5. The van der Waals surface area contributed by atoms with Gasteiger partial charge in [0.2, 0.25) is 0 Å². The van der Waals surface area contributed by atoms with Crippen LogP contribution in [0.2, 0.25) is 5.02 Å². The van der Waals surface area contributed by atoms with E-state index in [1.807, 2.05) is 25.1 Å². The fourth-order valence-electron chi connectivity index (χ4n) is 1.61. The van der Waals surface area contributed by atoms with Crippen molar-refractivity contribution in [3.63, 3.8) is 0 Å². The highest BCUT2D eigenvalue weighted by Crippen LogP contribution is 2.36. The Kier molecular flexibility index (Phi) is 3.87. The average molecular weight is 345 g/mol. The summed E-state index contributed by atoms with van der Waals surface area (Å²) in [6.07, 6.45) is 0. The molecule has 2 rings (SSSR count). The first kappa shape index (κ1) is 14.0. The van der Waals surface area contributed by atoms with Gasteiger partial charge in [-0.3, -0.25) is 0 Å². The Morgan fingerprint density at radius 1 is 1.21 bits per heavy atom. The van der Waals surface area contributed by atoms with Gasteiger partial charge in [-0.1, -0.05) is 33.6 Å². The molecule has 5 N–H and O–H groups in total. The van der Waals surface area contributed by atoms with Crippen LogP contribution in [0.3, 0.4) is 0 Å². The van der Waals surface area contributed by atoms with Crippen molar-refractivity contribution in [1.29, 1.82) is 0 Å². The van der Waals surface area contributed by atoms with E-state index in [1.165, 1.54) is 6.07 Å². The summed E-state index contributed by atoms with van der Waals surface area (Å²) in [5.74, 6) is -0.657. The van der Waals surface area contributed by atoms with Crippen molar-refractivity contribution in [2.75, 3.05) is 16.8 Å². The van der Waals surface area contributed by atoms with E-state index in [4.69, 9.17) is 23.1 Å². The lowest BCUT2D eigenvalue weighted by atomic mass is 10.2. The summed E-state index contributed by atoms with van der Waals surface area (Å²) in [5, 5.41) is 2.77. The fourth-order valence-corrected chi connectivity index (χ4v) is 2.14. The van der Waals surface area contributed by atoms with Crippen LogP contribution < -0.4 is 16.8 Å². The Morgan fingerprint density at radius 2 is 1.89 bits per heavy atom. The first-order valence-electron chi connectivity index (χ1n) is 5.46. The van der Waals surface area contributed by atoms with E-state index in [0.717, 1.165) is 10.0 Å². The first-order valence-corrected chi connectivity index (χ1v) is 6.63. The number of benzene rings is 2. The summed E-state index contributed by atoms with van der Waals surface area (Å²) in [4.78, 5) is 0. The standard InChI is InChI=1S/C13H12BrClFN3/c1-6-2-3-7(4-8(6)14)19-13-10(18)5-9(17)11(15)12(13)16/h2-5,19H,17-18H2,1H3. The van der Waals surface area contributed by atoms with Crippen molar-refractivity contribution in [1.82, 2.24) is 0 Å². The van der Waals surface area contributed by atoms with Gasteiger partial charge in [-0.25, -0.2) is 4.39 Å². The van der Waals surface area contributed by atoms with E-state index in [1.54, 1.807) is 0 Å². The highest BCUT2D eigenvalue weighted by Gasteiger charge is 2.14. The second kappa shape index (κ2) is 5.27. The maximum atomic E-state index is 14.0. The molecule has 2 aromatic carbocycles. The van der Waals surface area contributed by atoms with Gasteiger partial charge in [0, 0.05) is 10.2 Å². The SMILES string of the molecule is Cc1ccc(Nc2c(N)cc(N)c(Cl)c2F)cc1Br. The first-order chi connectivity index (χ1) is 8.90. The van der Waals surface area contributed by atoms with Crippen LogP contribution in [0, 0.1) is 12.7 Å². The number of nitrogen functional groups attached to an aromatic ring is 2. The lowest BCUT2D eigenvalue weighted by Gasteiger charge is -2.13. The van der Waals surface area contributed by atoms with Gasteiger partial charge in [0.15, 0.2) is 5.82 Å². The molecule has 0 radical (unpaired) electrons. The molecule has 0 unspecified atom stereocenters. The molecule has 0 fully saturated rings. The van der Waals surface area contributed by atoms with Gasteiger partial charge in [-0.05, 0) is 30.7 Å². The minimum atomic E-state index is -0.657. The molecule has 2 aromatic rings.